The van der Waals surface area contributed by atoms with Gasteiger partial charge in [-0.15, -0.1) is 0 Å². The Bertz CT molecular complexity index is 161. The molecule has 2 heterocycles. The molecular weight excluding hydrogens is 152 g/mol. The highest BCUT2D eigenvalue weighted by Crippen LogP contribution is 2.20. The second-order valence-electron chi connectivity index (χ2n) is 4.05. The van der Waals surface area contributed by atoms with E-state index in [0.717, 1.165) is 19.1 Å². The second kappa shape index (κ2) is 3.32. The van der Waals surface area contributed by atoms with Gasteiger partial charge in [0.25, 0.3) is 0 Å². The van der Waals surface area contributed by atoms with Gasteiger partial charge in [-0.3, -0.25) is 4.90 Å². The average Bonchev–Trinajstić information content (AvgIpc) is 2.49. The van der Waals surface area contributed by atoms with E-state index in [0.29, 0.717) is 6.04 Å². The van der Waals surface area contributed by atoms with E-state index < -0.39 is 0 Å². The fraction of sp³-hybridized carbons (Fsp3) is 1.00. The molecule has 3 unspecified atom stereocenters. The first-order valence-electron chi connectivity index (χ1n) is 4.93. The minimum atomic E-state index is -0.216. The van der Waals surface area contributed by atoms with E-state index in [-0.39, 0.29) is 6.10 Å². The van der Waals surface area contributed by atoms with Crippen molar-refractivity contribution in [2.75, 3.05) is 19.6 Å². The summed E-state index contributed by atoms with van der Waals surface area (Å²) in [6.07, 6.45) is 2.45. The number of hydrogen-bond donors (Lipinski definition) is 2. The first kappa shape index (κ1) is 8.48. The summed E-state index contributed by atoms with van der Waals surface area (Å²) < 4.78 is 0. The van der Waals surface area contributed by atoms with Gasteiger partial charge in [-0.1, -0.05) is 0 Å². The smallest absolute Gasteiger partial charge is 0.0677 e. The van der Waals surface area contributed by atoms with E-state index in [1.165, 1.54) is 19.4 Å². The van der Waals surface area contributed by atoms with Crippen LogP contribution in [0.3, 0.4) is 0 Å². The quantitative estimate of drug-likeness (QED) is 0.572. The molecule has 3 heteroatoms. The Labute approximate surface area is 73.8 Å². The number of nitrogens with one attached hydrogen (secondary N) is 1. The molecule has 2 aliphatic heterocycles. The topological polar surface area (TPSA) is 35.5 Å². The molecular formula is C9H18N2O. The van der Waals surface area contributed by atoms with Gasteiger partial charge in [0.05, 0.1) is 6.10 Å². The van der Waals surface area contributed by atoms with Crippen LogP contribution in [0.2, 0.25) is 0 Å². The average molecular weight is 170 g/mol. The van der Waals surface area contributed by atoms with Crippen LogP contribution >= 0.6 is 0 Å². The van der Waals surface area contributed by atoms with Crippen LogP contribution in [0, 0.1) is 0 Å². The third-order valence-corrected chi connectivity index (χ3v) is 3.13. The lowest BCUT2D eigenvalue weighted by atomic mass is 10.1. The molecule has 12 heavy (non-hydrogen) atoms. The van der Waals surface area contributed by atoms with E-state index >= 15 is 0 Å². The molecule has 0 amide bonds. The van der Waals surface area contributed by atoms with Crippen molar-refractivity contribution in [2.24, 2.45) is 0 Å². The number of aliphatic hydroxyl groups excluding tert-OH is 1. The Hall–Kier alpha value is -0.120. The lowest BCUT2D eigenvalue weighted by Crippen LogP contribution is -2.57. The molecule has 2 aliphatic rings. The zero-order valence-electron chi connectivity index (χ0n) is 7.66. The summed E-state index contributed by atoms with van der Waals surface area (Å²) in [7, 11) is 0. The third-order valence-electron chi connectivity index (χ3n) is 3.13. The minimum Gasteiger partial charge on any atom is -0.392 e. The van der Waals surface area contributed by atoms with Crippen LogP contribution in [-0.4, -0.2) is 47.8 Å². The van der Waals surface area contributed by atoms with Crippen molar-refractivity contribution in [3.05, 3.63) is 0 Å². The summed E-state index contributed by atoms with van der Waals surface area (Å²) in [5, 5.41) is 12.8. The Morgan fingerprint density at radius 2 is 2.42 bits per heavy atom. The minimum absolute atomic E-state index is 0.216. The summed E-state index contributed by atoms with van der Waals surface area (Å²) in [6, 6.07) is 1.04. The normalized spacial score (nSPS) is 39.5. The number of aliphatic hydroxyl groups is 1. The molecule has 0 bridgehead atoms. The maximum Gasteiger partial charge on any atom is 0.0677 e. The van der Waals surface area contributed by atoms with Crippen molar-refractivity contribution in [2.45, 2.75) is 38.0 Å². The largest absolute Gasteiger partial charge is 0.392 e. The number of hydrogen-bond acceptors (Lipinski definition) is 3. The van der Waals surface area contributed by atoms with Gasteiger partial charge >= 0.3 is 0 Å². The van der Waals surface area contributed by atoms with E-state index in [1.54, 1.807) is 0 Å². The van der Waals surface area contributed by atoms with Crippen LogP contribution in [0.4, 0.5) is 0 Å². The third kappa shape index (κ3) is 1.49. The van der Waals surface area contributed by atoms with Gasteiger partial charge in [-0.05, 0) is 26.3 Å². The molecule has 0 aromatic rings. The SMILES string of the molecule is CC(O)C1CN2CCCC2CN1. The van der Waals surface area contributed by atoms with E-state index in [1.807, 2.05) is 6.92 Å². The highest BCUT2D eigenvalue weighted by molar-refractivity contribution is 4.91. The fourth-order valence-corrected chi connectivity index (χ4v) is 2.29. The fourth-order valence-electron chi connectivity index (χ4n) is 2.29. The van der Waals surface area contributed by atoms with Crippen molar-refractivity contribution in [3.8, 4) is 0 Å². The Kier molecular flexibility index (Phi) is 2.35. The zero-order chi connectivity index (χ0) is 8.55. The predicted octanol–water partition coefficient (Wildman–Crippen LogP) is -0.197. The molecule has 0 aromatic heterocycles. The van der Waals surface area contributed by atoms with Gasteiger partial charge < -0.3 is 10.4 Å². The van der Waals surface area contributed by atoms with E-state index in [2.05, 4.69) is 10.2 Å². The summed E-state index contributed by atoms with van der Waals surface area (Å²) in [4.78, 5) is 2.51. The first-order chi connectivity index (χ1) is 5.77. The lowest BCUT2D eigenvalue weighted by Gasteiger charge is -2.37. The first-order valence-corrected chi connectivity index (χ1v) is 4.93. The molecule has 70 valence electrons. The molecule has 2 N–H and O–H groups in total. The second-order valence-corrected chi connectivity index (χ2v) is 4.05. The molecule has 0 spiro atoms. The molecule has 3 nitrogen and oxygen atoms in total. The molecule has 0 aromatic carbocycles. The molecule has 2 rings (SSSR count). The number of nitrogens with zero attached hydrogens (tertiary/aromatic N) is 1. The number of piperazine rings is 1. The Morgan fingerprint density at radius 3 is 3.17 bits per heavy atom. The maximum absolute atomic E-state index is 9.41. The molecule has 2 fully saturated rings. The molecule has 0 radical (unpaired) electrons. The maximum atomic E-state index is 9.41. The molecule has 0 saturated carbocycles. The Morgan fingerprint density at radius 1 is 1.58 bits per heavy atom. The number of rotatable bonds is 1. The van der Waals surface area contributed by atoms with Gasteiger partial charge in [0.15, 0.2) is 0 Å². The van der Waals surface area contributed by atoms with Crippen molar-refractivity contribution < 1.29 is 5.11 Å². The monoisotopic (exact) mass is 170 g/mol. The van der Waals surface area contributed by atoms with Gasteiger partial charge in [-0.2, -0.15) is 0 Å². The van der Waals surface area contributed by atoms with Crippen LogP contribution in [0.25, 0.3) is 0 Å². The summed E-state index contributed by atoms with van der Waals surface area (Å²) in [6.45, 7) is 5.20. The van der Waals surface area contributed by atoms with Gasteiger partial charge in [0.2, 0.25) is 0 Å². The summed E-state index contributed by atoms with van der Waals surface area (Å²) in [5.74, 6) is 0. The summed E-state index contributed by atoms with van der Waals surface area (Å²) >= 11 is 0. The van der Waals surface area contributed by atoms with Crippen molar-refractivity contribution in [1.29, 1.82) is 0 Å². The predicted molar refractivity (Wildman–Crippen MR) is 48.1 cm³/mol. The molecule has 2 saturated heterocycles. The molecule has 3 atom stereocenters. The van der Waals surface area contributed by atoms with Gasteiger partial charge in [0, 0.05) is 25.2 Å². The van der Waals surface area contributed by atoms with Crippen LogP contribution in [0.15, 0.2) is 0 Å². The van der Waals surface area contributed by atoms with Crippen molar-refractivity contribution in [1.82, 2.24) is 10.2 Å². The van der Waals surface area contributed by atoms with Gasteiger partial charge in [-0.25, -0.2) is 0 Å². The molecule has 0 aliphatic carbocycles. The highest BCUT2D eigenvalue weighted by Gasteiger charge is 2.32. The van der Waals surface area contributed by atoms with Crippen molar-refractivity contribution in [3.63, 3.8) is 0 Å². The van der Waals surface area contributed by atoms with Crippen LogP contribution in [0.5, 0.6) is 0 Å². The van der Waals surface area contributed by atoms with Crippen LogP contribution < -0.4 is 5.32 Å². The lowest BCUT2D eigenvalue weighted by molar-refractivity contribution is 0.0805. The van der Waals surface area contributed by atoms with Crippen LogP contribution in [0.1, 0.15) is 19.8 Å². The van der Waals surface area contributed by atoms with E-state index in [4.69, 9.17) is 0 Å². The highest BCUT2D eigenvalue weighted by atomic mass is 16.3. The number of fused-ring (bicyclic) bond motifs is 1. The Balaban J connectivity index is 1.92. The summed E-state index contributed by atoms with van der Waals surface area (Å²) in [5.41, 5.74) is 0. The zero-order valence-corrected chi connectivity index (χ0v) is 7.66. The standard InChI is InChI=1S/C9H18N2O/c1-7(12)9-6-11-4-2-3-8(11)5-10-9/h7-10,12H,2-6H2,1H3. The van der Waals surface area contributed by atoms with Gasteiger partial charge in [0.1, 0.15) is 0 Å². The van der Waals surface area contributed by atoms with E-state index in [9.17, 15) is 5.11 Å². The van der Waals surface area contributed by atoms with Crippen LogP contribution in [-0.2, 0) is 0 Å². The van der Waals surface area contributed by atoms with Crippen molar-refractivity contribution >= 4 is 0 Å².